The zero-order valence-electron chi connectivity index (χ0n) is 15.0. The Bertz CT molecular complexity index is 759. The number of likely N-dealkylation sites (tertiary alicyclic amines) is 1. The number of anilines is 1. The lowest BCUT2D eigenvalue weighted by Gasteiger charge is -2.30. The van der Waals surface area contributed by atoms with E-state index in [0.29, 0.717) is 25.3 Å². The van der Waals surface area contributed by atoms with Crippen LogP contribution in [0.1, 0.15) is 18.4 Å². The SMILES string of the molecule is O=C(CN1CCC(C(=O)NCc2ccncc2)CC1)Nc1ccc(F)cc1. The first kappa shape index (κ1) is 19.0. The van der Waals surface area contributed by atoms with Gasteiger partial charge < -0.3 is 10.6 Å². The molecule has 2 N–H and O–H groups in total. The van der Waals surface area contributed by atoms with Crippen LogP contribution >= 0.6 is 0 Å². The summed E-state index contributed by atoms with van der Waals surface area (Å²) in [5.41, 5.74) is 1.60. The van der Waals surface area contributed by atoms with Crippen LogP contribution in [0.3, 0.4) is 0 Å². The quantitative estimate of drug-likeness (QED) is 0.817. The molecule has 1 saturated heterocycles. The molecule has 0 spiro atoms. The largest absolute Gasteiger partial charge is 0.352 e. The summed E-state index contributed by atoms with van der Waals surface area (Å²) >= 11 is 0. The molecule has 0 atom stereocenters. The molecule has 7 heteroatoms. The third-order valence-corrected chi connectivity index (χ3v) is 4.67. The molecule has 142 valence electrons. The number of amides is 2. The highest BCUT2D eigenvalue weighted by atomic mass is 19.1. The number of hydrogen-bond donors (Lipinski definition) is 2. The van der Waals surface area contributed by atoms with Gasteiger partial charge >= 0.3 is 0 Å². The molecule has 27 heavy (non-hydrogen) atoms. The van der Waals surface area contributed by atoms with Crippen molar-refractivity contribution < 1.29 is 14.0 Å². The molecule has 1 aromatic carbocycles. The Morgan fingerprint density at radius 3 is 2.41 bits per heavy atom. The number of carbonyl (C=O) groups excluding carboxylic acids is 2. The summed E-state index contributed by atoms with van der Waals surface area (Å²) in [7, 11) is 0. The van der Waals surface area contributed by atoms with Crippen molar-refractivity contribution in [3.8, 4) is 0 Å². The van der Waals surface area contributed by atoms with Crippen LogP contribution < -0.4 is 10.6 Å². The highest BCUT2D eigenvalue weighted by Crippen LogP contribution is 2.17. The number of halogens is 1. The number of rotatable bonds is 6. The number of pyridine rings is 1. The van der Waals surface area contributed by atoms with Gasteiger partial charge in [0, 0.05) is 30.5 Å². The maximum absolute atomic E-state index is 12.9. The molecule has 6 nitrogen and oxygen atoms in total. The van der Waals surface area contributed by atoms with Crippen LogP contribution in [0.4, 0.5) is 10.1 Å². The van der Waals surface area contributed by atoms with Crippen LogP contribution in [0.2, 0.25) is 0 Å². The van der Waals surface area contributed by atoms with Crippen LogP contribution in [0.15, 0.2) is 48.8 Å². The average Bonchev–Trinajstić information content (AvgIpc) is 2.69. The van der Waals surface area contributed by atoms with Crippen LogP contribution in [-0.2, 0) is 16.1 Å². The maximum atomic E-state index is 12.9. The summed E-state index contributed by atoms with van der Waals surface area (Å²) in [6.07, 6.45) is 4.87. The molecule has 2 aromatic rings. The van der Waals surface area contributed by atoms with E-state index in [0.717, 1.165) is 18.4 Å². The smallest absolute Gasteiger partial charge is 0.238 e. The standard InChI is InChI=1S/C20H23FN4O2/c21-17-1-3-18(4-2-17)24-19(26)14-25-11-7-16(8-12-25)20(27)23-13-15-5-9-22-10-6-15/h1-6,9-10,16H,7-8,11-14H2,(H,23,27)(H,24,26). The van der Waals surface area contributed by atoms with E-state index in [1.54, 1.807) is 12.4 Å². The Kier molecular flexibility index (Phi) is 6.49. The normalized spacial score (nSPS) is 15.3. The molecule has 0 aliphatic carbocycles. The second-order valence-corrected chi connectivity index (χ2v) is 6.68. The minimum absolute atomic E-state index is 0.0248. The first-order valence-electron chi connectivity index (χ1n) is 9.04. The van der Waals surface area contributed by atoms with Gasteiger partial charge in [0.05, 0.1) is 6.54 Å². The molecular formula is C20H23FN4O2. The van der Waals surface area contributed by atoms with Crippen molar-refractivity contribution in [3.63, 3.8) is 0 Å². The van der Waals surface area contributed by atoms with Crippen molar-refractivity contribution in [3.05, 3.63) is 60.2 Å². The Morgan fingerprint density at radius 1 is 1.07 bits per heavy atom. The molecular weight excluding hydrogens is 347 g/mol. The van der Waals surface area contributed by atoms with E-state index >= 15 is 0 Å². The van der Waals surface area contributed by atoms with Gasteiger partial charge in [-0.05, 0) is 67.9 Å². The maximum Gasteiger partial charge on any atom is 0.238 e. The molecule has 1 aliphatic heterocycles. The van der Waals surface area contributed by atoms with Crippen LogP contribution in [-0.4, -0.2) is 41.3 Å². The summed E-state index contributed by atoms with van der Waals surface area (Å²) in [5, 5.41) is 5.72. The summed E-state index contributed by atoms with van der Waals surface area (Å²) < 4.78 is 12.9. The molecule has 0 saturated carbocycles. The van der Waals surface area contributed by atoms with Gasteiger partial charge in [-0.15, -0.1) is 0 Å². The topological polar surface area (TPSA) is 74.3 Å². The minimum atomic E-state index is -0.336. The molecule has 1 fully saturated rings. The van der Waals surface area contributed by atoms with Crippen LogP contribution in [0.25, 0.3) is 0 Å². The molecule has 0 radical (unpaired) electrons. The number of nitrogens with zero attached hydrogens (tertiary/aromatic N) is 2. The zero-order valence-corrected chi connectivity index (χ0v) is 15.0. The van der Waals surface area contributed by atoms with Gasteiger partial charge in [-0.3, -0.25) is 19.5 Å². The monoisotopic (exact) mass is 370 g/mol. The lowest BCUT2D eigenvalue weighted by Crippen LogP contribution is -2.43. The van der Waals surface area contributed by atoms with E-state index in [1.807, 2.05) is 17.0 Å². The fraction of sp³-hybridized carbons (Fsp3) is 0.350. The molecule has 2 heterocycles. The second-order valence-electron chi connectivity index (χ2n) is 6.68. The van der Waals surface area contributed by atoms with Crippen molar-refractivity contribution in [1.29, 1.82) is 0 Å². The molecule has 0 bridgehead atoms. The van der Waals surface area contributed by atoms with Gasteiger partial charge in [0.15, 0.2) is 0 Å². The highest BCUT2D eigenvalue weighted by molar-refractivity contribution is 5.92. The zero-order chi connectivity index (χ0) is 19.1. The van der Waals surface area contributed by atoms with E-state index in [-0.39, 0.29) is 30.1 Å². The molecule has 1 aromatic heterocycles. The Labute approximate surface area is 157 Å². The van der Waals surface area contributed by atoms with E-state index < -0.39 is 0 Å². The summed E-state index contributed by atoms with van der Waals surface area (Å²) in [6, 6.07) is 9.45. The Hall–Kier alpha value is -2.80. The van der Waals surface area contributed by atoms with Crippen molar-refractivity contribution in [2.24, 2.45) is 5.92 Å². The van der Waals surface area contributed by atoms with Gasteiger partial charge in [0.1, 0.15) is 5.82 Å². The summed E-state index contributed by atoms with van der Waals surface area (Å²) in [5.74, 6) is -0.440. The van der Waals surface area contributed by atoms with Gasteiger partial charge in [-0.2, -0.15) is 0 Å². The van der Waals surface area contributed by atoms with E-state index in [4.69, 9.17) is 0 Å². The fourth-order valence-corrected chi connectivity index (χ4v) is 3.12. The number of benzene rings is 1. The molecule has 1 aliphatic rings. The molecule has 2 amide bonds. The van der Waals surface area contributed by atoms with E-state index in [1.165, 1.54) is 24.3 Å². The Balaban J connectivity index is 1.38. The third-order valence-electron chi connectivity index (χ3n) is 4.67. The highest BCUT2D eigenvalue weighted by Gasteiger charge is 2.25. The number of nitrogens with one attached hydrogen (secondary N) is 2. The van der Waals surface area contributed by atoms with Gasteiger partial charge in [0.25, 0.3) is 0 Å². The third kappa shape index (κ3) is 5.86. The van der Waals surface area contributed by atoms with Gasteiger partial charge in [-0.25, -0.2) is 4.39 Å². The summed E-state index contributed by atoms with van der Waals surface area (Å²) in [6.45, 7) is 2.17. The van der Waals surface area contributed by atoms with E-state index in [2.05, 4.69) is 15.6 Å². The number of aromatic nitrogens is 1. The predicted octanol–water partition coefficient (Wildman–Crippen LogP) is 2.19. The molecule has 0 unspecified atom stereocenters. The first-order valence-corrected chi connectivity index (χ1v) is 9.04. The number of hydrogen-bond acceptors (Lipinski definition) is 4. The predicted molar refractivity (Wildman–Crippen MR) is 100 cm³/mol. The van der Waals surface area contributed by atoms with Crippen molar-refractivity contribution >= 4 is 17.5 Å². The fourth-order valence-electron chi connectivity index (χ4n) is 3.12. The Morgan fingerprint density at radius 2 is 1.74 bits per heavy atom. The van der Waals surface area contributed by atoms with Crippen molar-refractivity contribution in [2.75, 3.05) is 25.0 Å². The van der Waals surface area contributed by atoms with Gasteiger partial charge in [-0.1, -0.05) is 0 Å². The number of carbonyl (C=O) groups is 2. The second kappa shape index (κ2) is 9.23. The van der Waals surface area contributed by atoms with Crippen LogP contribution in [0, 0.1) is 11.7 Å². The minimum Gasteiger partial charge on any atom is -0.352 e. The summed E-state index contributed by atoms with van der Waals surface area (Å²) in [4.78, 5) is 30.4. The first-order chi connectivity index (χ1) is 13.1. The van der Waals surface area contributed by atoms with Crippen LogP contribution in [0.5, 0.6) is 0 Å². The molecule has 3 rings (SSSR count). The lowest BCUT2D eigenvalue weighted by atomic mass is 9.96. The number of piperidine rings is 1. The van der Waals surface area contributed by atoms with E-state index in [9.17, 15) is 14.0 Å². The lowest BCUT2D eigenvalue weighted by molar-refractivity contribution is -0.126. The average molecular weight is 370 g/mol. The van der Waals surface area contributed by atoms with Crippen molar-refractivity contribution in [1.82, 2.24) is 15.2 Å². The van der Waals surface area contributed by atoms with Crippen molar-refractivity contribution in [2.45, 2.75) is 19.4 Å². The van der Waals surface area contributed by atoms with Gasteiger partial charge in [0.2, 0.25) is 11.8 Å².